The van der Waals surface area contributed by atoms with Crippen molar-refractivity contribution in [2.24, 2.45) is 5.92 Å². The summed E-state index contributed by atoms with van der Waals surface area (Å²) in [6.07, 6.45) is -9.40. The van der Waals surface area contributed by atoms with Crippen LogP contribution in [0.15, 0.2) is 66.7 Å². The molecule has 53 heavy (non-hydrogen) atoms. The SMILES string of the molecule is CN(C(=O)N(C)[C@@H]1CN(C(=O)C2CCC(NC(=O)Oc3ccc([N+](=O)[O-])cc3)CC2)C[C@H]1c1ccc(F)cc1)c1cc(C(F)(F)F)cc(C(F)(F)F)c1. The predicted molar refractivity (Wildman–Crippen MR) is 176 cm³/mol. The Bertz CT molecular complexity index is 1800. The van der Waals surface area contributed by atoms with E-state index in [2.05, 4.69) is 5.32 Å². The fourth-order valence-corrected chi connectivity index (χ4v) is 6.70. The van der Waals surface area contributed by atoms with E-state index in [0.29, 0.717) is 48.3 Å². The number of hydrogen-bond acceptors (Lipinski definition) is 6. The topological polar surface area (TPSA) is 125 Å². The van der Waals surface area contributed by atoms with Crippen LogP contribution in [0.3, 0.4) is 0 Å². The lowest BCUT2D eigenvalue weighted by Crippen LogP contribution is -2.48. The van der Waals surface area contributed by atoms with Crippen LogP contribution < -0.4 is 15.0 Å². The lowest BCUT2D eigenvalue weighted by molar-refractivity contribution is -0.384. The van der Waals surface area contributed by atoms with Crippen molar-refractivity contribution in [2.75, 3.05) is 32.1 Å². The number of amides is 4. The Morgan fingerprint density at radius 2 is 1.42 bits per heavy atom. The van der Waals surface area contributed by atoms with Crippen LogP contribution in [0.5, 0.6) is 5.75 Å². The molecule has 3 aromatic carbocycles. The van der Waals surface area contributed by atoms with Crippen molar-refractivity contribution in [2.45, 2.75) is 56.0 Å². The van der Waals surface area contributed by atoms with Crippen LogP contribution in [0.2, 0.25) is 0 Å². The van der Waals surface area contributed by atoms with Gasteiger partial charge in [0.2, 0.25) is 5.91 Å². The van der Waals surface area contributed by atoms with Gasteiger partial charge in [-0.05, 0) is 73.7 Å². The average molecular weight is 754 g/mol. The first-order valence-electron chi connectivity index (χ1n) is 16.4. The summed E-state index contributed by atoms with van der Waals surface area (Å²) in [5.41, 5.74) is -3.42. The maximum absolute atomic E-state index is 13.8. The number of benzene rings is 3. The van der Waals surface area contributed by atoms with Gasteiger partial charge in [-0.25, -0.2) is 14.0 Å². The number of carbonyl (C=O) groups excluding carboxylic acids is 3. The van der Waals surface area contributed by atoms with Gasteiger partial charge in [0.25, 0.3) is 5.69 Å². The van der Waals surface area contributed by atoms with Gasteiger partial charge in [0, 0.05) is 62.9 Å². The van der Waals surface area contributed by atoms with E-state index < -0.39 is 69.9 Å². The van der Waals surface area contributed by atoms with E-state index in [1.54, 1.807) is 0 Å². The number of carbonyl (C=O) groups is 3. The molecular formula is C35H34F7N5O6. The lowest BCUT2D eigenvalue weighted by Gasteiger charge is -2.33. The van der Waals surface area contributed by atoms with Crippen LogP contribution in [0.1, 0.15) is 48.3 Å². The molecule has 1 aliphatic carbocycles. The van der Waals surface area contributed by atoms with E-state index in [4.69, 9.17) is 4.74 Å². The Balaban J connectivity index is 1.27. The van der Waals surface area contributed by atoms with Crippen LogP contribution >= 0.6 is 0 Å². The molecule has 0 spiro atoms. The number of rotatable bonds is 7. The number of halogens is 7. The minimum Gasteiger partial charge on any atom is -0.410 e. The molecule has 3 aromatic rings. The fourth-order valence-electron chi connectivity index (χ4n) is 6.70. The van der Waals surface area contributed by atoms with Crippen molar-refractivity contribution in [3.8, 4) is 5.75 Å². The van der Waals surface area contributed by atoms with Gasteiger partial charge in [-0.2, -0.15) is 26.3 Å². The summed E-state index contributed by atoms with van der Waals surface area (Å²) in [6.45, 7) is 0.0745. The maximum atomic E-state index is 13.8. The summed E-state index contributed by atoms with van der Waals surface area (Å²) < 4.78 is 100. The van der Waals surface area contributed by atoms with Crippen molar-refractivity contribution in [1.29, 1.82) is 0 Å². The summed E-state index contributed by atoms with van der Waals surface area (Å²) in [7, 11) is 2.38. The van der Waals surface area contributed by atoms with E-state index in [9.17, 15) is 55.2 Å². The Kier molecular flexibility index (Phi) is 11.2. The summed E-state index contributed by atoms with van der Waals surface area (Å²) in [5, 5.41) is 13.6. The van der Waals surface area contributed by atoms with Crippen LogP contribution in [-0.4, -0.2) is 72.0 Å². The van der Waals surface area contributed by atoms with Gasteiger partial charge < -0.3 is 19.9 Å². The first-order valence-corrected chi connectivity index (χ1v) is 16.4. The Morgan fingerprint density at radius 3 is 1.94 bits per heavy atom. The van der Waals surface area contributed by atoms with Crippen molar-refractivity contribution < 1.29 is 54.8 Å². The van der Waals surface area contributed by atoms with E-state index >= 15 is 0 Å². The molecule has 1 heterocycles. The van der Waals surface area contributed by atoms with E-state index in [0.717, 1.165) is 11.9 Å². The largest absolute Gasteiger partial charge is 0.416 e. The zero-order valence-corrected chi connectivity index (χ0v) is 28.3. The summed E-state index contributed by atoms with van der Waals surface area (Å²) in [5.74, 6) is -1.71. The second-order valence-corrected chi connectivity index (χ2v) is 13.0. The van der Waals surface area contributed by atoms with Crippen LogP contribution in [-0.2, 0) is 17.1 Å². The van der Waals surface area contributed by atoms with Gasteiger partial charge >= 0.3 is 24.5 Å². The molecule has 2 atom stereocenters. The number of ether oxygens (including phenoxy) is 1. The lowest BCUT2D eigenvalue weighted by atomic mass is 9.85. The monoisotopic (exact) mass is 753 g/mol. The molecule has 2 fully saturated rings. The number of nitrogens with one attached hydrogen (secondary N) is 1. The molecule has 4 amide bonds. The molecule has 1 N–H and O–H groups in total. The van der Waals surface area contributed by atoms with Gasteiger partial charge in [-0.1, -0.05) is 12.1 Å². The maximum Gasteiger partial charge on any atom is 0.416 e. The quantitative estimate of drug-likeness (QED) is 0.151. The van der Waals surface area contributed by atoms with Gasteiger partial charge in [0.05, 0.1) is 22.1 Å². The predicted octanol–water partition coefficient (Wildman–Crippen LogP) is 7.60. The zero-order chi connectivity index (χ0) is 38.8. The molecule has 0 bridgehead atoms. The second-order valence-electron chi connectivity index (χ2n) is 13.0. The summed E-state index contributed by atoms with van der Waals surface area (Å²) in [6, 6.07) is 9.14. The fraction of sp³-hybridized carbons (Fsp3) is 0.400. The normalized spacial score (nSPS) is 20.4. The van der Waals surface area contributed by atoms with Crippen molar-refractivity contribution in [1.82, 2.24) is 15.1 Å². The third kappa shape index (κ3) is 9.15. The molecule has 0 unspecified atom stereocenters. The average Bonchev–Trinajstić information content (AvgIpc) is 3.56. The molecule has 5 rings (SSSR count). The first-order chi connectivity index (χ1) is 24.8. The van der Waals surface area contributed by atoms with Crippen molar-refractivity contribution >= 4 is 29.4 Å². The van der Waals surface area contributed by atoms with E-state index in [1.165, 1.54) is 60.5 Å². The van der Waals surface area contributed by atoms with Gasteiger partial charge in [-0.15, -0.1) is 0 Å². The summed E-state index contributed by atoms with van der Waals surface area (Å²) >= 11 is 0. The highest BCUT2D eigenvalue weighted by atomic mass is 19.4. The zero-order valence-electron chi connectivity index (χ0n) is 28.3. The summed E-state index contributed by atoms with van der Waals surface area (Å²) in [4.78, 5) is 53.6. The highest BCUT2D eigenvalue weighted by Crippen LogP contribution is 2.39. The molecule has 284 valence electrons. The van der Waals surface area contributed by atoms with E-state index in [-0.39, 0.29) is 42.5 Å². The number of likely N-dealkylation sites (tertiary alicyclic amines) is 1. The smallest absolute Gasteiger partial charge is 0.410 e. The number of urea groups is 1. The number of anilines is 1. The Labute approximate surface area is 298 Å². The van der Waals surface area contributed by atoms with Crippen LogP contribution in [0.25, 0.3) is 0 Å². The van der Waals surface area contributed by atoms with Gasteiger partial charge in [0.1, 0.15) is 11.6 Å². The number of hydrogen-bond donors (Lipinski definition) is 1. The standard InChI is InChI=1S/C35H34F7N5O6/c1-44(27-16-22(34(37,38)39)15-23(17-27)35(40,41)42)33(50)45(2)30-19-46(18-29(30)20-3-7-24(36)8-4-20)31(48)21-5-9-25(10-6-21)43-32(49)53-28-13-11-26(12-14-28)47(51)52/h3-4,7-8,11-17,21,25,29-30H,5-6,9-10,18-19H2,1-2H3,(H,43,49)/t21?,25?,29-,30+/m0/s1. The van der Waals surface area contributed by atoms with Gasteiger partial charge in [-0.3, -0.25) is 19.8 Å². The molecule has 2 aliphatic rings. The number of nitro groups is 1. The number of likely N-dealkylation sites (N-methyl/N-ethyl adjacent to an activating group) is 1. The van der Waals surface area contributed by atoms with E-state index in [1.807, 2.05) is 0 Å². The van der Waals surface area contributed by atoms with Crippen molar-refractivity contribution in [3.05, 3.63) is 99.4 Å². The third-order valence-corrected chi connectivity index (χ3v) is 9.60. The molecule has 18 heteroatoms. The third-order valence-electron chi connectivity index (χ3n) is 9.60. The number of alkyl halides is 6. The minimum absolute atomic E-state index is 0.0207. The first kappa shape index (κ1) is 38.8. The molecule has 0 aromatic heterocycles. The highest BCUT2D eigenvalue weighted by Gasteiger charge is 2.43. The number of nitrogens with zero attached hydrogens (tertiary/aromatic N) is 4. The Hall–Kier alpha value is -5.42. The van der Waals surface area contributed by atoms with Crippen LogP contribution in [0, 0.1) is 21.8 Å². The molecule has 11 nitrogen and oxygen atoms in total. The highest BCUT2D eigenvalue weighted by molar-refractivity contribution is 5.92. The molecular weight excluding hydrogens is 719 g/mol. The number of non-ortho nitro benzene ring substituents is 1. The Morgan fingerprint density at radius 1 is 0.849 bits per heavy atom. The molecule has 1 saturated carbocycles. The second kappa shape index (κ2) is 15.3. The van der Waals surface area contributed by atoms with Gasteiger partial charge in [0.15, 0.2) is 0 Å². The molecule has 1 aliphatic heterocycles. The molecule has 0 radical (unpaired) electrons. The molecule has 1 saturated heterocycles. The van der Waals surface area contributed by atoms with Crippen LogP contribution in [0.4, 0.5) is 51.7 Å². The van der Waals surface area contributed by atoms with Crippen molar-refractivity contribution in [3.63, 3.8) is 0 Å². The minimum atomic E-state index is -5.13. The number of nitro benzene ring substituents is 1.